The first kappa shape index (κ1) is 16.9. The van der Waals surface area contributed by atoms with Crippen molar-refractivity contribution in [2.75, 3.05) is 14.2 Å². The number of carbonyl (C=O) groups excluding carboxylic acids is 1. The smallest absolute Gasteiger partial charge is 0.303 e. The van der Waals surface area contributed by atoms with E-state index in [9.17, 15) is 9.59 Å². The number of carbonyl (C=O) groups is 2. The molecule has 0 fully saturated rings. The lowest BCUT2D eigenvalue weighted by molar-refractivity contribution is -0.137. The summed E-state index contributed by atoms with van der Waals surface area (Å²) in [6.45, 7) is 0. The number of ketones is 1. The Bertz CT molecular complexity index is 368. The van der Waals surface area contributed by atoms with Gasteiger partial charge in [0.2, 0.25) is 0 Å². The molecule has 0 aliphatic heterocycles. The van der Waals surface area contributed by atoms with Crippen molar-refractivity contribution in [1.29, 1.82) is 0 Å². The minimum atomic E-state index is -0.746. The Morgan fingerprint density at radius 1 is 1.15 bits per heavy atom. The van der Waals surface area contributed by atoms with Gasteiger partial charge in [0.1, 0.15) is 0 Å². The van der Waals surface area contributed by atoms with Crippen molar-refractivity contribution < 1.29 is 24.2 Å². The monoisotopic (exact) mass is 284 g/mol. The van der Waals surface area contributed by atoms with Crippen LogP contribution < -0.4 is 0 Å². The van der Waals surface area contributed by atoms with Gasteiger partial charge in [-0.25, -0.2) is 0 Å². The van der Waals surface area contributed by atoms with E-state index in [-0.39, 0.29) is 12.2 Å². The average Bonchev–Trinajstić information content (AvgIpc) is 2.77. The molecule has 0 atom stereocenters. The fourth-order valence-corrected chi connectivity index (χ4v) is 2.60. The summed E-state index contributed by atoms with van der Waals surface area (Å²) in [5.74, 6) is -0.548. The number of carboxylic acids is 1. The van der Waals surface area contributed by atoms with Crippen LogP contribution in [-0.2, 0) is 19.1 Å². The molecule has 1 aliphatic carbocycles. The molecule has 1 N–H and O–H groups in total. The summed E-state index contributed by atoms with van der Waals surface area (Å²) < 4.78 is 10.5. The number of carboxylic acid groups (broad SMARTS) is 1. The summed E-state index contributed by atoms with van der Waals surface area (Å²) in [7, 11) is 3.15. The van der Waals surface area contributed by atoms with E-state index in [1.165, 1.54) is 0 Å². The quantitative estimate of drug-likeness (QED) is 0.493. The molecule has 0 unspecified atom stereocenters. The second kappa shape index (κ2) is 8.87. The number of hydrogen-bond donors (Lipinski definition) is 1. The number of methoxy groups -OCH3 is 2. The van der Waals surface area contributed by atoms with Crippen LogP contribution in [0.3, 0.4) is 0 Å². The van der Waals surface area contributed by atoms with Gasteiger partial charge in [0.15, 0.2) is 12.1 Å². The highest BCUT2D eigenvalue weighted by Gasteiger charge is 2.27. The summed E-state index contributed by atoms with van der Waals surface area (Å²) in [5, 5.41) is 8.55. The Morgan fingerprint density at radius 3 is 2.40 bits per heavy atom. The SMILES string of the molecule is COC(OC)C1=C(CCCCCCC(=O)O)C(=O)CC1. The van der Waals surface area contributed by atoms with Crippen LogP contribution in [0.2, 0.25) is 0 Å². The fraction of sp³-hybridized carbons (Fsp3) is 0.733. The molecule has 0 aromatic carbocycles. The Balaban J connectivity index is 2.40. The first-order valence-corrected chi connectivity index (χ1v) is 7.12. The first-order valence-electron chi connectivity index (χ1n) is 7.12. The molecule has 0 aromatic rings. The molecule has 0 aromatic heterocycles. The first-order chi connectivity index (χ1) is 9.60. The molecule has 0 heterocycles. The van der Waals surface area contributed by atoms with Gasteiger partial charge in [-0.15, -0.1) is 0 Å². The maximum atomic E-state index is 11.9. The van der Waals surface area contributed by atoms with E-state index < -0.39 is 12.3 Å². The molecule has 0 amide bonds. The van der Waals surface area contributed by atoms with Crippen LogP contribution in [0, 0.1) is 0 Å². The summed E-state index contributed by atoms with van der Waals surface area (Å²) in [4.78, 5) is 22.3. The van der Waals surface area contributed by atoms with Crippen LogP contribution in [0.25, 0.3) is 0 Å². The van der Waals surface area contributed by atoms with Gasteiger partial charge < -0.3 is 14.6 Å². The molecule has 0 bridgehead atoms. The lowest BCUT2D eigenvalue weighted by Crippen LogP contribution is -2.16. The van der Waals surface area contributed by atoms with E-state index in [4.69, 9.17) is 14.6 Å². The van der Waals surface area contributed by atoms with Crippen molar-refractivity contribution in [3.8, 4) is 0 Å². The lowest BCUT2D eigenvalue weighted by Gasteiger charge is -2.16. The van der Waals surface area contributed by atoms with E-state index in [1.54, 1.807) is 14.2 Å². The van der Waals surface area contributed by atoms with Gasteiger partial charge in [-0.1, -0.05) is 12.8 Å². The van der Waals surface area contributed by atoms with Crippen molar-refractivity contribution in [2.24, 2.45) is 0 Å². The van der Waals surface area contributed by atoms with Crippen molar-refractivity contribution >= 4 is 11.8 Å². The highest BCUT2D eigenvalue weighted by molar-refractivity contribution is 5.98. The summed E-state index contributed by atoms with van der Waals surface area (Å²) in [5.41, 5.74) is 1.84. The molecule has 0 spiro atoms. The summed E-state index contributed by atoms with van der Waals surface area (Å²) in [6, 6.07) is 0. The van der Waals surface area contributed by atoms with E-state index in [0.29, 0.717) is 12.8 Å². The second-order valence-corrected chi connectivity index (χ2v) is 5.04. The minimum Gasteiger partial charge on any atom is -0.481 e. The number of rotatable bonds is 10. The van der Waals surface area contributed by atoms with Crippen molar-refractivity contribution in [1.82, 2.24) is 0 Å². The van der Waals surface area contributed by atoms with Gasteiger partial charge in [-0.05, 0) is 36.8 Å². The van der Waals surface area contributed by atoms with Crippen LogP contribution in [0.4, 0.5) is 0 Å². The second-order valence-electron chi connectivity index (χ2n) is 5.04. The van der Waals surface area contributed by atoms with Crippen LogP contribution in [0.5, 0.6) is 0 Å². The summed E-state index contributed by atoms with van der Waals surface area (Å²) in [6.07, 6.45) is 5.27. The van der Waals surface area contributed by atoms with Gasteiger partial charge in [0.25, 0.3) is 0 Å². The Morgan fingerprint density at radius 2 is 1.80 bits per heavy atom. The Kier molecular flexibility index (Phi) is 7.47. The number of ether oxygens (including phenoxy) is 2. The Hall–Kier alpha value is -1.20. The zero-order valence-corrected chi connectivity index (χ0v) is 12.3. The largest absolute Gasteiger partial charge is 0.481 e. The van der Waals surface area contributed by atoms with E-state index in [2.05, 4.69) is 0 Å². The molecule has 5 heteroatoms. The third-order valence-electron chi connectivity index (χ3n) is 3.63. The number of unbranched alkanes of at least 4 members (excludes halogenated alkanes) is 3. The predicted molar refractivity (Wildman–Crippen MR) is 74.4 cm³/mol. The maximum Gasteiger partial charge on any atom is 0.303 e. The van der Waals surface area contributed by atoms with E-state index >= 15 is 0 Å². The molecular formula is C15H24O5. The number of hydrogen-bond acceptors (Lipinski definition) is 4. The summed E-state index contributed by atoms with van der Waals surface area (Å²) >= 11 is 0. The Labute approximate surface area is 119 Å². The number of Topliss-reactive ketones (excluding diaryl/α,β-unsaturated/α-hetero) is 1. The molecule has 114 valence electrons. The zero-order valence-electron chi connectivity index (χ0n) is 12.3. The van der Waals surface area contributed by atoms with Gasteiger partial charge in [0, 0.05) is 27.1 Å². The van der Waals surface area contributed by atoms with E-state index in [1.807, 2.05) is 0 Å². The predicted octanol–water partition coefficient (Wildman–Crippen LogP) is 2.69. The van der Waals surface area contributed by atoms with Crippen molar-refractivity contribution in [3.63, 3.8) is 0 Å². The molecule has 1 aliphatic rings. The van der Waals surface area contributed by atoms with Crippen LogP contribution in [-0.4, -0.2) is 37.4 Å². The highest BCUT2D eigenvalue weighted by Crippen LogP contribution is 2.30. The van der Waals surface area contributed by atoms with Crippen LogP contribution in [0.15, 0.2) is 11.1 Å². The van der Waals surface area contributed by atoms with Crippen LogP contribution in [0.1, 0.15) is 51.4 Å². The molecule has 0 saturated heterocycles. The normalized spacial score (nSPS) is 15.4. The topological polar surface area (TPSA) is 72.8 Å². The third kappa shape index (κ3) is 5.06. The molecule has 1 rings (SSSR count). The fourth-order valence-electron chi connectivity index (χ4n) is 2.60. The maximum absolute atomic E-state index is 11.9. The standard InChI is InChI=1S/C15H24O5/c1-19-15(20-2)12-9-10-13(16)11(12)7-5-3-4-6-8-14(17)18/h15H,3-10H2,1-2H3,(H,17,18). The molecule has 0 radical (unpaired) electrons. The lowest BCUT2D eigenvalue weighted by atomic mass is 10.0. The minimum absolute atomic E-state index is 0.199. The van der Waals surface area contributed by atoms with Gasteiger partial charge in [0.05, 0.1) is 0 Å². The molecular weight excluding hydrogens is 260 g/mol. The van der Waals surface area contributed by atoms with Gasteiger partial charge in [-0.2, -0.15) is 0 Å². The zero-order chi connectivity index (χ0) is 15.0. The molecule has 5 nitrogen and oxygen atoms in total. The van der Waals surface area contributed by atoms with Gasteiger partial charge in [-0.3, -0.25) is 9.59 Å². The van der Waals surface area contributed by atoms with Crippen LogP contribution >= 0.6 is 0 Å². The van der Waals surface area contributed by atoms with Crippen molar-refractivity contribution in [3.05, 3.63) is 11.1 Å². The molecule has 20 heavy (non-hydrogen) atoms. The molecule has 0 saturated carbocycles. The number of aliphatic carboxylic acids is 1. The number of allylic oxidation sites excluding steroid dienone is 1. The average molecular weight is 284 g/mol. The van der Waals surface area contributed by atoms with Crippen molar-refractivity contribution in [2.45, 2.75) is 57.7 Å². The van der Waals surface area contributed by atoms with Gasteiger partial charge >= 0.3 is 5.97 Å². The van der Waals surface area contributed by atoms with E-state index in [0.717, 1.165) is 43.3 Å². The highest BCUT2D eigenvalue weighted by atomic mass is 16.7. The third-order valence-corrected chi connectivity index (χ3v) is 3.63.